The summed E-state index contributed by atoms with van der Waals surface area (Å²) in [5.74, 6) is 0.717. The Morgan fingerprint density at radius 3 is 2.60 bits per heavy atom. The molecule has 2 aliphatic rings. The van der Waals surface area contributed by atoms with E-state index in [2.05, 4.69) is 9.97 Å². The number of hydrogen-bond donors (Lipinski definition) is 0. The number of nitrogens with zero attached hydrogens (tertiary/aromatic N) is 3. The molecule has 7 heteroatoms. The molecule has 0 unspecified atom stereocenters. The molecule has 2 heterocycles. The van der Waals surface area contributed by atoms with Crippen molar-refractivity contribution in [2.75, 3.05) is 6.61 Å². The second kappa shape index (κ2) is 7.49. The van der Waals surface area contributed by atoms with E-state index < -0.39 is 10.0 Å². The molecular weight excluding hydrogens is 398 g/mol. The predicted molar refractivity (Wildman–Crippen MR) is 114 cm³/mol. The van der Waals surface area contributed by atoms with E-state index in [1.807, 2.05) is 37.3 Å². The third kappa shape index (κ3) is 3.38. The van der Waals surface area contributed by atoms with Gasteiger partial charge in [0.2, 0.25) is 10.0 Å². The van der Waals surface area contributed by atoms with Crippen molar-refractivity contribution < 1.29 is 13.2 Å². The lowest BCUT2D eigenvalue weighted by Crippen LogP contribution is -2.39. The number of benzene rings is 2. The predicted octanol–water partition coefficient (Wildman–Crippen LogP) is 3.60. The Morgan fingerprint density at radius 2 is 1.77 bits per heavy atom. The minimum atomic E-state index is -3.65. The normalized spacial score (nSPS) is 18.9. The zero-order valence-electron chi connectivity index (χ0n) is 16.8. The molecular formula is C23H23N3O3S. The van der Waals surface area contributed by atoms with Crippen molar-refractivity contribution in [1.82, 2.24) is 14.3 Å². The first kappa shape index (κ1) is 19.2. The maximum Gasteiger partial charge on any atom is 0.243 e. The third-order valence-corrected chi connectivity index (χ3v) is 7.88. The third-order valence-electron chi connectivity index (χ3n) is 5.93. The average molecular weight is 422 g/mol. The van der Waals surface area contributed by atoms with Crippen molar-refractivity contribution in [3.05, 3.63) is 71.8 Å². The topological polar surface area (TPSA) is 72.4 Å². The molecule has 1 aliphatic carbocycles. The molecule has 154 valence electrons. The Morgan fingerprint density at radius 1 is 0.967 bits per heavy atom. The second-order valence-corrected chi connectivity index (χ2v) is 9.83. The molecule has 1 atom stereocenters. The van der Waals surface area contributed by atoms with Crippen molar-refractivity contribution in [3.8, 4) is 16.9 Å². The summed E-state index contributed by atoms with van der Waals surface area (Å²) in [6.07, 6.45) is 8.04. The summed E-state index contributed by atoms with van der Waals surface area (Å²) in [5, 5.41) is 0. The van der Waals surface area contributed by atoms with Gasteiger partial charge in [-0.3, -0.25) is 0 Å². The van der Waals surface area contributed by atoms with Crippen LogP contribution in [-0.2, 0) is 29.4 Å². The minimum Gasteiger partial charge on any atom is -0.492 e. The molecule has 0 radical (unpaired) electrons. The largest absolute Gasteiger partial charge is 0.492 e. The molecule has 6 nitrogen and oxygen atoms in total. The molecule has 0 amide bonds. The summed E-state index contributed by atoms with van der Waals surface area (Å²) in [6, 6.07) is 11.1. The molecule has 0 N–H and O–H groups in total. The van der Waals surface area contributed by atoms with Crippen LogP contribution in [-0.4, -0.2) is 35.3 Å². The van der Waals surface area contributed by atoms with E-state index in [1.165, 1.54) is 11.9 Å². The Bertz CT molecular complexity index is 1200. The lowest BCUT2D eigenvalue weighted by atomic mass is 10.0. The summed E-state index contributed by atoms with van der Waals surface area (Å²) in [5.41, 5.74) is 5.07. The average Bonchev–Trinajstić information content (AvgIpc) is 3.17. The fraction of sp³-hybridized carbons (Fsp3) is 0.304. The Hall–Kier alpha value is -2.77. The van der Waals surface area contributed by atoms with Crippen LogP contribution in [0.4, 0.5) is 0 Å². The van der Waals surface area contributed by atoms with Crippen LogP contribution in [0.25, 0.3) is 11.1 Å². The molecule has 5 rings (SSSR count). The smallest absolute Gasteiger partial charge is 0.243 e. The molecule has 3 aromatic rings. The van der Waals surface area contributed by atoms with E-state index >= 15 is 0 Å². The number of aryl methyl sites for hydroxylation is 2. The highest BCUT2D eigenvalue weighted by atomic mass is 32.2. The molecule has 30 heavy (non-hydrogen) atoms. The summed E-state index contributed by atoms with van der Waals surface area (Å²) in [4.78, 5) is 8.52. The van der Waals surface area contributed by atoms with E-state index in [-0.39, 0.29) is 12.6 Å². The van der Waals surface area contributed by atoms with Gasteiger partial charge in [-0.25, -0.2) is 18.4 Å². The lowest BCUT2D eigenvalue weighted by Gasteiger charge is -2.26. The van der Waals surface area contributed by atoms with Crippen LogP contribution in [0.15, 0.2) is 60.0 Å². The van der Waals surface area contributed by atoms with Crippen molar-refractivity contribution in [2.45, 2.75) is 43.7 Å². The van der Waals surface area contributed by atoms with Gasteiger partial charge in [0.25, 0.3) is 0 Å². The molecule has 0 bridgehead atoms. The quantitative estimate of drug-likeness (QED) is 0.646. The first-order valence-corrected chi connectivity index (χ1v) is 11.6. The van der Waals surface area contributed by atoms with Crippen LogP contribution in [0.1, 0.15) is 30.0 Å². The standard InChI is InChI=1S/C23H23N3O3S/c1-16-14-29-23-8-6-19(21-11-24-15-25-12-21)9-20(23)13-26(16)30(27,28)22-7-5-17-3-2-4-18(17)10-22/h5-12,15-16H,2-4,13-14H2,1H3/t16-/m1/s1. The van der Waals surface area contributed by atoms with Crippen LogP contribution in [0, 0.1) is 0 Å². The fourth-order valence-corrected chi connectivity index (χ4v) is 5.90. The highest BCUT2D eigenvalue weighted by molar-refractivity contribution is 7.89. The summed E-state index contributed by atoms with van der Waals surface area (Å²) >= 11 is 0. The molecule has 0 fully saturated rings. The lowest BCUT2D eigenvalue weighted by molar-refractivity contribution is 0.233. The Kier molecular flexibility index (Phi) is 4.79. The van der Waals surface area contributed by atoms with Gasteiger partial charge >= 0.3 is 0 Å². The molecule has 2 aromatic carbocycles. The van der Waals surface area contributed by atoms with Gasteiger partial charge < -0.3 is 4.74 Å². The first-order chi connectivity index (χ1) is 14.5. The SMILES string of the molecule is C[C@@H]1COc2ccc(-c3cncnc3)cc2CN1S(=O)(=O)c1ccc2c(c1)CCC2. The maximum atomic E-state index is 13.6. The van der Waals surface area contributed by atoms with Gasteiger partial charge in [-0.2, -0.15) is 4.31 Å². The van der Waals surface area contributed by atoms with Gasteiger partial charge in [-0.1, -0.05) is 12.1 Å². The highest BCUT2D eigenvalue weighted by Gasteiger charge is 2.33. The number of fused-ring (bicyclic) bond motifs is 2. The zero-order chi connectivity index (χ0) is 20.7. The van der Waals surface area contributed by atoms with Crippen LogP contribution in [0.5, 0.6) is 5.75 Å². The van der Waals surface area contributed by atoms with Gasteiger partial charge in [0.1, 0.15) is 18.7 Å². The number of rotatable bonds is 3. The van der Waals surface area contributed by atoms with E-state index in [4.69, 9.17) is 4.74 Å². The van der Waals surface area contributed by atoms with Crippen LogP contribution >= 0.6 is 0 Å². The molecule has 1 aromatic heterocycles. The number of ether oxygens (including phenoxy) is 1. The maximum absolute atomic E-state index is 13.6. The van der Waals surface area contributed by atoms with Crippen LogP contribution in [0.2, 0.25) is 0 Å². The first-order valence-electron chi connectivity index (χ1n) is 10.2. The van der Waals surface area contributed by atoms with Gasteiger partial charge in [0.15, 0.2) is 0 Å². The molecule has 1 aliphatic heterocycles. The monoisotopic (exact) mass is 421 g/mol. The van der Waals surface area contributed by atoms with Gasteiger partial charge in [-0.05, 0) is 67.1 Å². The summed E-state index contributed by atoms with van der Waals surface area (Å²) < 4.78 is 34.6. The highest BCUT2D eigenvalue weighted by Crippen LogP contribution is 2.33. The van der Waals surface area contributed by atoms with E-state index in [9.17, 15) is 8.42 Å². The van der Waals surface area contributed by atoms with Crippen LogP contribution in [0.3, 0.4) is 0 Å². The molecule has 0 saturated carbocycles. The van der Waals surface area contributed by atoms with Crippen LogP contribution < -0.4 is 4.74 Å². The fourth-order valence-electron chi connectivity index (χ4n) is 4.25. The Balaban J connectivity index is 1.52. The molecule has 0 saturated heterocycles. The van der Waals surface area contributed by atoms with Crippen molar-refractivity contribution >= 4 is 10.0 Å². The van der Waals surface area contributed by atoms with Gasteiger partial charge in [-0.15, -0.1) is 0 Å². The molecule has 0 spiro atoms. The van der Waals surface area contributed by atoms with E-state index in [0.29, 0.717) is 17.3 Å². The zero-order valence-corrected chi connectivity index (χ0v) is 17.6. The van der Waals surface area contributed by atoms with Crippen molar-refractivity contribution in [1.29, 1.82) is 0 Å². The minimum absolute atomic E-state index is 0.261. The van der Waals surface area contributed by atoms with E-state index in [1.54, 1.807) is 22.8 Å². The summed E-state index contributed by atoms with van der Waals surface area (Å²) in [6.45, 7) is 2.46. The van der Waals surface area contributed by atoms with Crippen molar-refractivity contribution in [3.63, 3.8) is 0 Å². The second-order valence-electron chi connectivity index (χ2n) is 7.94. The van der Waals surface area contributed by atoms with E-state index in [0.717, 1.165) is 41.5 Å². The van der Waals surface area contributed by atoms with Gasteiger partial charge in [0, 0.05) is 30.1 Å². The summed E-state index contributed by atoms with van der Waals surface area (Å²) in [7, 11) is -3.65. The van der Waals surface area contributed by atoms with Gasteiger partial charge in [0.05, 0.1) is 10.9 Å². The Labute approximate surface area is 176 Å². The number of hydrogen-bond acceptors (Lipinski definition) is 5. The number of aromatic nitrogens is 2. The number of sulfonamides is 1. The van der Waals surface area contributed by atoms with Crippen molar-refractivity contribution in [2.24, 2.45) is 0 Å².